The summed E-state index contributed by atoms with van der Waals surface area (Å²) < 4.78 is 75.6. The lowest BCUT2D eigenvalue weighted by atomic mass is 10.0. The molecule has 2 fully saturated rings. The number of aliphatic carboxylic acids is 2. The zero-order valence-electron chi connectivity index (χ0n) is 19.1. The van der Waals surface area contributed by atoms with Gasteiger partial charge in [0.2, 0.25) is 0 Å². The van der Waals surface area contributed by atoms with E-state index in [4.69, 9.17) is 29.3 Å². The molecule has 1 aromatic rings. The van der Waals surface area contributed by atoms with E-state index in [1.54, 1.807) is 0 Å². The number of carbonyl (C=O) groups is 2. The molecule has 2 aliphatic heterocycles. The summed E-state index contributed by atoms with van der Waals surface area (Å²) in [5.74, 6) is -4.83. The minimum atomic E-state index is -5.08. The Morgan fingerprint density at radius 2 is 1.71 bits per heavy atom. The molecule has 2 N–H and O–H groups in total. The van der Waals surface area contributed by atoms with Gasteiger partial charge in [0, 0.05) is 31.9 Å². The van der Waals surface area contributed by atoms with Gasteiger partial charge in [-0.2, -0.15) is 26.3 Å². The van der Waals surface area contributed by atoms with Gasteiger partial charge in [0.05, 0.1) is 18.4 Å². The quantitative estimate of drug-likeness (QED) is 0.568. The fourth-order valence-electron chi connectivity index (χ4n) is 3.51. The zero-order chi connectivity index (χ0) is 26.8. The molecule has 3 rings (SSSR count). The van der Waals surface area contributed by atoms with E-state index in [0.29, 0.717) is 18.6 Å². The first-order valence-electron chi connectivity index (χ1n) is 10.6. The predicted octanol–water partition coefficient (Wildman–Crippen LogP) is 3.75. The molecule has 0 aliphatic carbocycles. The van der Waals surface area contributed by atoms with Crippen LogP contribution in [-0.2, 0) is 25.7 Å². The highest BCUT2D eigenvalue weighted by Crippen LogP contribution is 2.31. The molecule has 14 heteroatoms. The molecule has 0 unspecified atom stereocenters. The van der Waals surface area contributed by atoms with E-state index in [9.17, 15) is 26.3 Å². The number of alkyl halides is 6. The third kappa shape index (κ3) is 11.2. The largest absolute Gasteiger partial charge is 0.490 e. The third-order valence-corrected chi connectivity index (χ3v) is 4.84. The summed E-state index contributed by atoms with van der Waals surface area (Å²) in [4.78, 5) is 24.7. The number of likely N-dealkylation sites (tertiary alicyclic amines) is 1. The first kappa shape index (κ1) is 30.6. The predicted molar refractivity (Wildman–Crippen MR) is 109 cm³/mol. The Balaban J connectivity index is 0.000000362. The molecule has 35 heavy (non-hydrogen) atoms. The third-order valence-electron chi connectivity index (χ3n) is 4.84. The van der Waals surface area contributed by atoms with Crippen molar-refractivity contribution in [2.45, 2.75) is 63.9 Å². The molecule has 2 saturated heterocycles. The monoisotopic (exact) mass is 518 g/mol. The van der Waals surface area contributed by atoms with Crippen molar-refractivity contribution in [3.05, 3.63) is 30.1 Å². The van der Waals surface area contributed by atoms with Gasteiger partial charge in [0.25, 0.3) is 0 Å². The molecule has 0 radical (unpaired) electrons. The van der Waals surface area contributed by atoms with Gasteiger partial charge in [0.1, 0.15) is 6.10 Å². The van der Waals surface area contributed by atoms with Crippen LogP contribution in [0.4, 0.5) is 26.3 Å². The van der Waals surface area contributed by atoms with Crippen molar-refractivity contribution in [2.75, 3.05) is 19.7 Å². The molecule has 1 aromatic heterocycles. The maximum atomic E-state index is 10.6. The zero-order valence-corrected chi connectivity index (χ0v) is 19.1. The van der Waals surface area contributed by atoms with Gasteiger partial charge in [-0.1, -0.05) is 19.9 Å². The summed E-state index contributed by atoms with van der Waals surface area (Å²) in [6.07, 6.45) is -5.53. The number of hydrogen-bond donors (Lipinski definition) is 2. The number of pyridine rings is 1. The van der Waals surface area contributed by atoms with Crippen LogP contribution in [0, 0.1) is 5.92 Å². The maximum absolute atomic E-state index is 10.6. The lowest BCUT2D eigenvalue weighted by molar-refractivity contribution is -0.193. The fraction of sp³-hybridized carbons (Fsp3) is 0.667. The Morgan fingerprint density at radius 3 is 2.17 bits per heavy atom. The van der Waals surface area contributed by atoms with Crippen LogP contribution in [0.1, 0.15) is 32.4 Å². The second kappa shape index (κ2) is 13.6. The summed E-state index contributed by atoms with van der Waals surface area (Å²) >= 11 is 0. The summed E-state index contributed by atoms with van der Waals surface area (Å²) in [5.41, 5.74) is 0.993. The lowest BCUT2D eigenvalue weighted by Gasteiger charge is -2.32. The summed E-state index contributed by atoms with van der Waals surface area (Å²) in [5, 5.41) is 14.2. The standard InChI is InChI=1S/C17H26N2O2.2C2HF3O2/c1-13(2)10-19-11-16(17-15(19)7-5-9-20-17)21-12-14-6-3-4-8-18-14;2*3-2(4,5)1(6)7/h3-4,6,8,13,15-17H,5,7,9-12H2,1-2H3;2*(H,6,7)/t15-,16+,17+;;/m1../s1. The molecule has 0 saturated carbocycles. The van der Waals surface area contributed by atoms with Crippen LogP contribution in [0.3, 0.4) is 0 Å². The molecule has 3 heterocycles. The van der Waals surface area contributed by atoms with Crippen LogP contribution in [-0.4, -0.2) is 82.3 Å². The van der Waals surface area contributed by atoms with Crippen molar-refractivity contribution in [1.82, 2.24) is 9.88 Å². The molecular weight excluding hydrogens is 490 g/mol. The molecule has 0 aromatic carbocycles. The van der Waals surface area contributed by atoms with E-state index in [0.717, 1.165) is 25.4 Å². The van der Waals surface area contributed by atoms with Crippen molar-refractivity contribution >= 4 is 11.9 Å². The normalized spacial score (nSPS) is 22.4. The molecule has 0 amide bonds. The molecule has 0 spiro atoms. The van der Waals surface area contributed by atoms with Crippen LogP contribution in [0.15, 0.2) is 24.4 Å². The Morgan fingerprint density at radius 1 is 1.14 bits per heavy atom. The number of hydrogen-bond acceptors (Lipinski definition) is 6. The minimum Gasteiger partial charge on any atom is -0.475 e. The maximum Gasteiger partial charge on any atom is 0.490 e. The second-order valence-corrected chi connectivity index (χ2v) is 8.17. The summed E-state index contributed by atoms with van der Waals surface area (Å²) in [6, 6.07) is 6.49. The highest BCUT2D eigenvalue weighted by Gasteiger charge is 2.44. The van der Waals surface area contributed by atoms with Crippen LogP contribution < -0.4 is 0 Å². The van der Waals surface area contributed by atoms with E-state index in [-0.39, 0.29) is 12.2 Å². The Bertz CT molecular complexity index is 767. The van der Waals surface area contributed by atoms with E-state index < -0.39 is 24.3 Å². The van der Waals surface area contributed by atoms with Crippen molar-refractivity contribution in [2.24, 2.45) is 5.92 Å². The number of halogens is 6. The van der Waals surface area contributed by atoms with Gasteiger partial charge in [0.15, 0.2) is 0 Å². The molecule has 0 bridgehead atoms. The van der Waals surface area contributed by atoms with E-state index >= 15 is 0 Å². The van der Waals surface area contributed by atoms with Crippen molar-refractivity contribution in [1.29, 1.82) is 0 Å². The highest BCUT2D eigenvalue weighted by molar-refractivity contribution is 5.73. The number of carboxylic acids is 2. The average molecular weight is 518 g/mol. The van der Waals surface area contributed by atoms with Gasteiger partial charge >= 0.3 is 24.3 Å². The average Bonchev–Trinajstić information content (AvgIpc) is 3.09. The van der Waals surface area contributed by atoms with E-state index in [2.05, 4.69) is 23.7 Å². The number of nitrogens with zero attached hydrogens (tertiary/aromatic N) is 2. The first-order chi connectivity index (χ1) is 16.1. The van der Waals surface area contributed by atoms with Gasteiger partial charge in [-0.05, 0) is 30.9 Å². The number of ether oxygens (including phenoxy) is 2. The lowest BCUT2D eigenvalue weighted by Crippen LogP contribution is -2.42. The number of aromatic nitrogens is 1. The van der Waals surface area contributed by atoms with Crippen molar-refractivity contribution in [3.63, 3.8) is 0 Å². The Labute approximate surface area is 197 Å². The van der Waals surface area contributed by atoms with Gasteiger partial charge < -0.3 is 19.7 Å². The van der Waals surface area contributed by atoms with Crippen LogP contribution in [0.5, 0.6) is 0 Å². The molecule has 2 aliphatic rings. The first-order valence-corrected chi connectivity index (χ1v) is 10.6. The fourth-order valence-corrected chi connectivity index (χ4v) is 3.51. The van der Waals surface area contributed by atoms with Crippen LogP contribution >= 0.6 is 0 Å². The number of fused-ring (bicyclic) bond motifs is 1. The molecule has 3 atom stereocenters. The Hall–Kier alpha value is -2.45. The topological polar surface area (TPSA) is 109 Å². The van der Waals surface area contributed by atoms with Gasteiger partial charge in [-0.15, -0.1) is 0 Å². The minimum absolute atomic E-state index is 0.177. The smallest absolute Gasteiger partial charge is 0.475 e. The number of carboxylic acid groups (broad SMARTS) is 2. The van der Waals surface area contributed by atoms with Gasteiger partial charge in [-0.25, -0.2) is 9.59 Å². The van der Waals surface area contributed by atoms with Crippen molar-refractivity contribution < 1.29 is 55.6 Å². The van der Waals surface area contributed by atoms with E-state index in [1.807, 2.05) is 24.4 Å². The molecule has 200 valence electrons. The van der Waals surface area contributed by atoms with Gasteiger partial charge in [-0.3, -0.25) is 9.88 Å². The summed E-state index contributed by atoms with van der Waals surface area (Å²) in [7, 11) is 0. The molecular formula is C21H28F6N2O6. The van der Waals surface area contributed by atoms with Crippen LogP contribution in [0.25, 0.3) is 0 Å². The van der Waals surface area contributed by atoms with E-state index in [1.165, 1.54) is 12.8 Å². The summed E-state index contributed by atoms with van der Waals surface area (Å²) in [6.45, 7) is 8.13. The number of rotatable bonds is 5. The SMILES string of the molecule is CC(C)CN1C[C@H](OCc2ccccn2)[C@H]2OCCC[C@H]21.O=C(O)C(F)(F)F.O=C(O)C(F)(F)F. The van der Waals surface area contributed by atoms with Crippen LogP contribution in [0.2, 0.25) is 0 Å². The molecule has 8 nitrogen and oxygen atoms in total. The van der Waals surface area contributed by atoms with Crippen molar-refractivity contribution in [3.8, 4) is 0 Å². The Kier molecular flexibility index (Phi) is 11.9. The second-order valence-electron chi connectivity index (χ2n) is 8.17. The highest BCUT2D eigenvalue weighted by atomic mass is 19.4.